The number of nitrogens with zero attached hydrogens (tertiary/aromatic N) is 1. The molecule has 19 nitrogen and oxygen atoms in total. The van der Waals surface area contributed by atoms with Crippen molar-refractivity contribution in [1.29, 1.82) is 0 Å². The van der Waals surface area contributed by atoms with E-state index >= 15 is 0 Å². The van der Waals surface area contributed by atoms with Gasteiger partial charge in [0, 0.05) is 19.2 Å². The summed E-state index contributed by atoms with van der Waals surface area (Å²) in [6.07, 6.45) is -14.1. The van der Waals surface area contributed by atoms with Crippen LogP contribution >= 0.6 is 15.6 Å². The Hall–Kier alpha value is -1.90. The van der Waals surface area contributed by atoms with E-state index in [0.717, 1.165) is 19.2 Å². The SMILES string of the molecule is CC(=O)N[C@H]1[C@@H](OP(=O)(O)OP(=O)(O)OC[C@H]2OC(n3ccc(=O)[nH]c3=O)[C@H](O)[C@@H]2O)O[C@H](CO)[C@H](F)[C@@H]1O. The van der Waals surface area contributed by atoms with E-state index in [1.807, 2.05) is 10.3 Å². The lowest BCUT2D eigenvalue weighted by atomic mass is 9.98. The number of aliphatic hydroxyl groups is 4. The molecule has 0 spiro atoms. The number of rotatable bonds is 10. The number of carbonyl (C=O) groups is 1. The number of aromatic amines is 1. The van der Waals surface area contributed by atoms with Crippen LogP contribution in [0.25, 0.3) is 0 Å². The molecule has 0 saturated carbocycles. The van der Waals surface area contributed by atoms with E-state index in [1.165, 1.54) is 0 Å². The molecule has 0 aromatic carbocycles. The first-order valence-electron chi connectivity index (χ1n) is 10.9. The second-order valence-corrected chi connectivity index (χ2v) is 11.4. The summed E-state index contributed by atoms with van der Waals surface area (Å²) in [6.45, 7) is -1.12. The number of carbonyl (C=O) groups excluding carboxylic acids is 1. The predicted octanol–water partition coefficient (Wildman–Crippen LogP) is -3.67. The van der Waals surface area contributed by atoms with Crippen LogP contribution < -0.4 is 16.6 Å². The maximum atomic E-state index is 14.2. The predicted molar refractivity (Wildman–Crippen MR) is 119 cm³/mol. The van der Waals surface area contributed by atoms with Crippen LogP contribution in [0.3, 0.4) is 0 Å². The monoisotopic (exact) mass is 609 g/mol. The minimum Gasteiger partial charge on any atom is -0.394 e. The Bertz CT molecular complexity index is 1240. The summed E-state index contributed by atoms with van der Waals surface area (Å²) in [7, 11) is -11.2. The molecule has 2 aliphatic heterocycles. The van der Waals surface area contributed by atoms with Crippen LogP contribution in [0.1, 0.15) is 13.2 Å². The molecule has 3 rings (SSSR count). The Morgan fingerprint density at radius 3 is 2.38 bits per heavy atom. The molecule has 2 saturated heterocycles. The van der Waals surface area contributed by atoms with E-state index in [1.54, 1.807) is 0 Å². The third-order valence-electron chi connectivity index (χ3n) is 5.51. The summed E-state index contributed by atoms with van der Waals surface area (Å²) in [5.74, 6) is -0.851. The van der Waals surface area contributed by atoms with Gasteiger partial charge >= 0.3 is 21.3 Å². The van der Waals surface area contributed by atoms with Gasteiger partial charge in [-0.2, -0.15) is 4.31 Å². The van der Waals surface area contributed by atoms with Gasteiger partial charge in [0.15, 0.2) is 18.7 Å². The minimum atomic E-state index is -5.67. The second kappa shape index (κ2) is 12.3. The van der Waals surface area contributed by atoms with Crippen LogP contribution in [-0.2, 0) is 36.8 Å². The summed E-state index contributed by atoms with van der Waals surface area (Å²) in [6, 6.07) is -0.898. The summed E-state index contributed by atoms with van der Waals surface area (Å²) in [4.78, 5) is 56.3. The van der Waals surface area contributed by atoms with E-state index in [9.17, 15) is 58.1 Å². The number of phosphoric ester groups is 2. The van der Waals surface area contributed by atoms with Crippen molar-refractivity contribution in [2.75, 3.05) is 13.2 Å². The summed E-state index contributed by atoms with van der Waals surface area (Å²) < 4.78 is 63.1. The Morgan fingerprint density at radius 1 is 1.13 bits per heavy atom. The molecule has 22 heteroatoms. The Morgan fingerprint density at radius 2 is 1.79 bits per heavy atom. The normalized spacial score (nSPS) is 36.2. The van der Waals surface area contributed by atoms with Crippen molar-refractivity contribution >= 4 is 21.6 Å². The standard InChI is InChI=1S/C17H26FN3O16P2/c1-6(23)19-11-13(26)10(18)7(4-22)35-16(11)36-39(31,32)37-38(29,30)33-5-8-12(25)14(27)15(34-8)21-3-2-9(24)20-17(21)28/h2-3,7-8,10-16,22,25-27H,4-5H2,1H3,(H,19,23)(H,29,30)(H,31,32)(H,20,24,28)/t7-,8-,10+,11-,12-,13+,14-,15?,16-/m1/s1. The maximum Gasteiger partial charge on any atom is 0.483 e. The number of nitrogens with one attached hydrogen (secondary N) is 2. The molecule has 39 heavy (non-hydrogen) atoms. The van der Waals surface area contributed by atoms with Gasteiger partial charge in [-0.15, -0.1) is 0 Å². The van der Waals surface area contributed by atoms with E-state index in [0.29, 0.717) is 4.57 Å². The van der Waals surface area contributed by atoms with Gasteiger partial charge in [0.1, 0.15) is 36.6 Å². The zero-order valence-electron chi connectivity index (χ0n) is 19.8. The van der Waals surface area contributed by atoms with Crippen molar-refractivity contribution < 1.29 is 71.4 Å². The van der Waals surface area contributed by atoms with Crippen molar-refractivity contribution in [2.24, 2.45) is 0 Å². The highest BCUT2D eigenvalue weighted by atomic mass is 31.3. The molecule has 8 N–H and O–H groups in total. The number of hydrogen-bond donors (Lipinski definition) is 8. The van der Waals surface area contributed by atoms with Crippen molar-refractivity contribution in [2.45, 2.75) is 62.2 Å². The van der Waals surface area contributed by atoms with Crippen LogP contribution in [0.5, 0.6) is 0 Å². The number of H-pyrrole nitrogens is 1. The zero-order chi connectivity index (χ0) is 29.3. The molecule has 1 amide bonds. The molecule has 0 radical (unpaired) electrons. The average Bonchev–Trinajstić information content (AvgIpc) is 3.10. The molecule has 0 bridgehead atoms. The topological polar surface area (TPSA) is 286 Å². The number of alkyl halides is 1. The molecule has 3 unspecified atom stereocenters. The summed E-state index contributed by atoms with van der Waals surface area (Å²) in [5.41, 5.74) is -1.77. The fraction of sp³-hybridized carbons (Fsp3) is 0.706. The molecule has 2 fully saturated rings. The van der Waals surface area contributed by atoms with Crippen LogP contribution in [0.4, 0.5) is 4.39 Å². The highest BCUT2D eigenvalue weighted by Crippen LogP contribution is 2.61. The lowest BCUT2D eigenvalue weighted by Gasteiger charge is -2.41. The number of hydrogen-bond acceptors (Lipinski definition) is 14. The molecule has 222 valence electrons. The summed E-state index contributed by atoms with van der Waals surface area (Å²) in [5, 5.41) is 41.7. The number of phosphoric acid groups is 2. The number of aromatic nitrogens is 2. The average molecular weight is 609 g/mol. The zero-order valence-corrected chi connectivity index (χ0v) is 21.5. The quantitative estimate of drug-likeness (QED) is 0.119. The highest BCUT2D eigenvalue weighted by Gasteiger charge is 2.51. The second-order valence-electron chi connectivity index (χ2n) is 8.37. The third kappa shape index (κ3) is 7.65. The maximum absolute atomic E-state index is 14.2. The highest BCUT2D eigenvalue weighted by molar-refractivity contribution is 7.61. The van der Waals surface area contributed by atoms with E-state index < -0.39 is 101 Å². The molecule has 0 aliphatic carbocycles. The largest absolute Gasteiger partial charge is 0.483 e. The number of aliphatic hydroxyl groups excluding tert-OH is 4. The van der Waals surface area contributed by atoms with Crippen LogP contribution in [-0.4, -0.2) is 108 Å². The van der Waals surface area contributed by atoms with Gasteiger partial charge in [-0.05, 0) is 0 Å². The minimum absolute atomic E-state index is 0.714. The molecule has 2 aliphatic rings. The van der Waals surface area contributed by atoms with E-state index in [-0.39, 0.29) is 0 Å². The molecule has 11 atom stereocenters. The van der Waals surface area contributed by atoms with Gasteiger partial charge in [-0.25, -0.2) is 18.3 Å². The molecule has 1 aromatic heterocycles. The smallest absolute Gasteiger partial charge is 0.394 e. The lowest BCUT2D eigenvalue weighted by Crippen LogP contribution is -2.63. The van der Waals surface area contributed by atoms with Gasteiger partial charge in [-0.3, -0.25) is 28.2 Å². The van der Waals surface area contributed by atoms with Crippen LogP contribution in [0.2, 0.25) is 0 Å². The molecular weight excluding hydrogens is 583 g/mol. The molecular formula is C17H26FN3O16P2. The van der Waals surface area contributed by atoms with E-state index in [4.69, 9.17) is 9.47 Å². The molecule has 1 aromatic rings. The van der Waals surface area contributed by atoms with Gasteiger partial charge in [-0.1, -0.05) is 0 Å². The lowest BCUT2D eigenvalue weighted by molar-refractivity contribution is -0.233. The van der Waals surface area contributed by atoms with Crippen molar-refractivity contribution in [1.82, 2.24) is 14.9 Å². The van der Waals surface area contributed by atoms with Crippen molar-refractivity contribution in [3.05, 3.63) is 33.1 Å². The van der Waals surface area contributed by atoms with Gasteiger partial charge in [0.2, 0.25) is 5.91 Å². The summed E-state index contributed by atoms with van der Waals surface area (Å²) >= 11 is 0. The first kappa shape index (κ1) is 31.6. The number of ether oxygens (including phenoxy) is 2. The van der Waals surface area contributed by atoms with Crippen molar-refractivity contribution in [3.63, 3.8) is 0 Å². The Labute approximate surface area is 216 Å². The Kier molecular flexibility index (Phi) is 9.98. The Balaban J connectivity index is 1.66. The molecule has 3 heterocycles. The first-order valence-corrected chi connectivity index (χ1v) is 13.9. The van der Waals surface area contributed by atoms with Crippen LogP contribution in [0, 0.1) is 0 Å². The third-order valence-corrected chi connectivity index (χ3v) is 8.11. The fourth-order valence-corrected chi connectivity index (χ4v) is 5.89. The van der Waals surface area contributed by atoms with E-state index in [2.05, 4.69) is 13.4 Å². The van der Waals surface area contributed by atoms with Crippen LogP contribution in [0.15, 0.2) is 21.9 Å². The number of amides is 1. The van der Waals surface area contributed by atoms with Gasteiger partial charge < -0.3 is 45.0 Å². The first-order chi connectivity index (χ1) is 18.0. The van der Waals surface area contributed by atoms with Gasteiger partial charge in [0.05, 0.1) is 13.2 Å². The van der Waals surface area contributed by atoms with Gasteiger partial charge in [0.25, 0.3) is 5.56 Å². The number of halogens is 1. The van der Waals surface area contributed by atoms with Crippen molar-refractivity contribution in [3.8, 4) is 0 Å². The fourth-order valence-electron chi connectivity index (χ4n) is 3.73.